The molecule has 0 rings (SSSR count). The van der Waals surface area contributed by atoms with Crippen LogP contribution in [0, 0.1) is 11.3 Å². The van der Waals surface area contributed by atoms with Crippen molar-refractivity contribution < 1.29 is 13.6 Å². The van der Waals surface area contributed by atoms with Crippen molar-refractivity contribution in [2.45, 2.75) is 6.42 Å². The second-order valence-electron chi connectivity index (χ2n) is 1.88. The first-order valence-electron chi connectivity index (χ1n) is 3.18. The Kier molecular flexibility index (Phi) is 5.35. The first kappa shape index (κ1) is 10.8. The fraction of sp³-hybridized carbons (Fsp3) is 0.833. The Morgan fingerprint density at radius 3 is 2.27 bits per heavy atom. The molecule has 0 aromatic rings. The summed E-state index contributed by atoms with van der Waals surface area (Å²) in [6.45, 7) is 2.12. The zero-order valence-electron chi connectivity index (χ0n) is 7.03. The van der Waals surface area contributed by atoms with Gasteiger partial charge in [-0.25, -0.2) is 0 Å². The zero-order chi connectivity index (χ0) is 8.74. The number of nitrogens with zero attached hydrogens (tertiary/aromatic N) is 1. The summed E-state index contributed by atoms with van der Waals surface area (Å²) in [5.41, 5.74) is 0. The first-order valence-corrected chi connectivity index (χ1v) is 5.17. The first-order chi connectivity index (χ1) is 5.18. The molecule has 0 heterocycles. The lowest BCUT2D eigenvalue weighted by Crippen LogP contribution is -2.02. The molecule has 0 spiro atoms. The van der Waals surface area contributed by atoms with E-state index in [1.165, 1.54) is 14.2 Å². The summed E-state index contributed by atoms with van der Waals surface area (Å²) in [5.74, 6) is 0. The maximum absolute atomic E-state index is 8.21. The highest BCUT2D eigenvalue weighted by atomic mass is 31.2. The number of rotatable bonds is 5. The van der Waals surface area contributed by atoms with Crippen LogP contribution in [0.5, 0.6) is 0 Å². The Hall–Kier alpha value is -0.200. The van der Waals surface area contributed by atoms with Crippen LogP contribution in [-0.4, -0.2) is 27.5 Å². The highest BCUT2D eigenvalue weighted by Gasteiger charge is 2.35. The van der Waals surface area contributed by atoms with E-state index in [9.17, 15) is 0 Å². The van der Waals surface area contributed by atoms with Gasteiger partial charge in [-0.3, -0.25) is 0 Å². The summed E-state index contributed by atoms with van der Waals surface area (Å²) in [7, 11) is 0.951. The van der Waals surface area contributed by atoms with Gasteiger partial charge >= 0.3 is 7.94 Å². The molecule has 0 saturated heterocycles. The lowest BCUT2D eigenvalue weighted by Gasteiger charge is -2.12. The molecule has 0 fully saturated rings. The summed E-state index contributed by atoms with van der Waals surface area (Å²) >= 11 is 0. The van der Waals surface area contributed by atoms with E-state index in [1.807, 2.05) is 6.07 Å². The van der Waals surface area contributed by atoms with Gasteiger partial charge in [0, 0.05) is 0 Å². The fourth-order valence-corrected chi connectivity index (χ4v) is 1.22. The summed E-state index contributed by atoms with van der Waals surface area (Å²) in [6.07, 6.45) is 0.363. The van der Waals surface area contributed by atoms with Crippen LogP contribution in [0.25, 0.3) is 0 Å². The van der Waals surface area contributed by atoms with Gasteiger partial charge in [-0.05, 0) is 0 Å². The summed E-state index contributed by atoms with van der Waals surface area (Å²) in [5, 5.41) is 8.21. The molecular formula is C6H13NO3P+. The molecule has 11 heavy (non-hydrogen) atoms. The normalized spacial score (nSPS) is 11.1. The van der Waals surface area contributed by atoms with Gasteiger partial charge < -0.3 is 0 Å². The van der Waals surface area contributed by atoms with Gasteiger partial charge in [0.05, 0.1) is 26.7 Å². The molecule has 0 aliphatic rings. The van der Waals surface area contributed by atoms with Crippen LogP contribution in [0.15, 0.2) is 0 Å². The van der Waals surface area contributed by atoms with Crippen molar-refractivity contribution in [1.29, 1.82) is 5.26 Å². The molecule has 0 aromatic heterocycles. The monoisotopic (exact) mass is 178 g/mol. The van der Waals surface area contributed by atoms with E-state index in [4.69, 9.17) is 18.8 Å². The molecular weight excluding hydrogens is 165 g/mol. The number of hydrogen-bond acceptors (Lipinski definition) is 4. The lowest BCUT2D eigenvalue weighted by molar-refractivity contribution is 0.188. The van der Waals surface area contributed by atoms with E-state index < -0.39 is 7.94 Å². The van der Waals surface area contributed by atoms with Gasteiger partial charge in [-0.15, -0.1) is 0 Å². The van der Waals surface area contributed by atoms with Crippen LogP contribution < -0.4 is 0 Å². The van der Waals surface area contributed by atoms with Crippen molar-refractivity contribution in [3.63, 3.8) is 0 Å². The van der Waals surface area contributed by atoms with Gasteiger partial charge in [0.1, 0.15) is 13.3 Å². The molecule has 64 valence electrons. The third-order valence-electron chi connectivity index (χ3n) is 1.20. The number of hydrogen-bond donors (Lipinski definition) is 0. The van der Waals surface area contributed by atoms with E-state index in [-0.39, 0.29) is 0 Å². The molecule has 0 saturated carbocycles. The summed E-state index contributed by atoms with van der Waals surface area (Å²) < 4.78 is 15.2. The minimum atomic E-state index is -2.11. The third-order valence-corrected chi connectivity index (χ3v) is 3.18. The molecule has 0 N–H and O–H groups in total. The van der Waals surface area contributed by atoms with Crippen LogP contribution in [0.1, 0.15) is 6.42 Å². The van der Waals surface area contributed by atoms with Gasteiger partial charge in [-0.1, -0.05) is 0 Å². The molecule has 0 bridgehead atoms. The molecule has 0 aliphatic heterocycles. The van der Waals surface area contributed by atoms with Gasteiger partial charge in [0.2, 0.25) is 0 Å². The Labute approximate surface area is 67.6 Å². The fourth-order valence-electron chi connectivity index (χ4n) is 0.437. The van der Waals surface area contributed by atoms with Crippen LogP contribution >= 0.6 is 7.94 Å². The minimum Gasteiger partial charge on any atom is -0.198 e. The van der Waals surface area contributed by atoms with Crippen molar-refractivity contribution in [2.75, 3.05) is 27.5 Å². The van der Waals surface area contributed by atoms with Gasteiger partial charge in [0.15, 0.2) is 0 Å². The highest BCUT2D eigenvalue weighted by Crippen LogP contribution is 2.56. The van der Waals surface area contributed by atoms with Crippen molar-refractivity contribution in [3.05, 3.63) is 0 Å². The average Bonchev–Trinajstić information content (AvgIpc) is 2.05. The van der Waals surface area contributed by atoms with Crippen LogP contribution in [0.2, 0.25) is 0 Å². The standard InChI is InChI=1S/C6H13NO3P/c1-8-11(3,9-2)10-6-4-5-7/h4,6H2,1-3H3/q+1. The Morgan fingerprint density at radius 1 is 1.36 bits per heavy atom. The van der Waals surface area contributed by atoms with E-state index in [2.05, 4.69) is 0 Å². The van der Waals surface area contributed by atoms with Crippen molar-refractivity contribution in [1.82, 2.24) is 0 Å². The Bertz CT molecular complexity index is 141. The third kappa shape index (κ3) is 4.28. The molecule has 4 nitrogen and oxygen atoms in total. The molecule has 5 heteroatoms. The Morgan fingerprint density at radius 2 is 1.91 bits per heavy atom. The zero-order valence-corrected chi connectivity index (χ0v) is 7.93. The quantitative estimate of drug-likeness (QED) is 0.474. The van der Waals surface area contributed by atoms with E-state index in [1.54, 1.807) is 6.66 Å². The molecule has 0 aromatic carbocycles. The van der Waals surface area contributed by atoms with Gasteiger partial charge in [-0.2, -0.15) is 18.8 Å². The molecule has 0 radical (unpaired) electrons. The second kappa shape index (κ2) is 5.45. The molecule has 0 amide bonds. The predicted molar refractivity (Wildman–Crippen MR) is 43.0 cm³/mol. The second-order valence-corrected chi connectivity index (χ2v) is 4.41. The smallest absolute Gasteiger partial charge is 0.198 e. The van der Waals surface area contributed by atoms with Crippen molar-refractivity contribution in [2.24, 2.45) is 0 Å². The van der Waals surface area contributed by atoms with Crippen LogP contribution in [0.4, 0.5) is 0 Å². The summed E-state index contributed by atoms with van der Waals surface area (Å²) in [4.78, 5) is 0. The molecule has 0 unspecified atom stereocenters. The van der Waals surface area contributed by atoms with Gasteiger partial charge in [0.25, 0.3) is 0 Å². The number of nitriles is 1. The van der Waals surface area contributed by atoms with Crippen LogP contribution in [0.3, 0.4) is 0 Å². The predicted octanol–water partition coefficient (Wildman–Crippen LogP) is 1.60. The average molecular weight is 178 g/mol. The van der Waals surface area contributed by atoms with Crippen LogP contribution in [-0.2, 0) is 13.6 Å². The van der Waals surface area contributed by atoms with E-state index in [0.29, 0.717) is 13.0 Å². The SMILES string of the molecule is CO[P+](C)(OC)OCCC#N. The minimum absolute atomic E-state index is 0.363. The van der Waals surface area contributed by atoms with Crippen molar-refractivity contribution in [3.8, 4) is 6.07 Å². The Balaban J connectivity index is 3.62. The lowest BCUT2D eigenvalue weighted by atomic mass is 10.5. The maximum Gasteiger partial charge on any atom is 0.407 e. The topological polar surface area (TPSA) is 51.5 Å². The highest BCUT2D eigenvalue weighted by molar-refractivity contribution is 7.60. The van der Waals surface area contributed by atoms with Crippen molar-refractivity contribution >= 4 is 7.94 Å². The maximum atomic E-state index is 8.21. The van der Waals surface area contributed by atoms with E-state index in [0.717, 1.165) is 0 Å². The van der Waals surface area contributed by atoms with E-state index >= 15 is 0 Å². The molecule has 0 aliphatic carbocycles. The molecule has 0 atom stereocenters. The summed E-state index contributed by atoms with van der Waals surface area (Å²) in [6, 6.07) is 1.97. The largest absolute Gasteiger partial charge is 0.407 e.